The minimum absolute atomic E-state index is 0.0217. The molecule has 0 heterocycles. The van der Waals surface area contributed by atoms with Gasteiger partial charge in [0.05, 0.1) is 9.24 Å². The van der Waals surface area contributed by atoms with Gasteiger partial charge in [-0.15, -0.1) is 6.42 Å². The van der Waals surface area contributed by atoms with E-state index in [-0.39, 0.29) is 13.0 Å². The number of nitrogens with zero attached hydrogens (tertiary/aromatic N) is 1. The fourth-order valence-corrected chi connectivity index (χ4v) is 1.39. The molecule has 0 saturated heterocycles. The quantitative estimate of drug-likeness (QED) is 0.667. The Kier molecular flexibility index (Phi) is 3.70. The molecule has 0 bridgehead atoms. The molecule has 0 radical (unpaired) electrons. The van der Waals surface area contributed by atoms with Gasteiger partial charge in [-0.1, -0.05) is 36.3 Å². The Morgan fingerprint density at radius 3 is 2.80 bits per heavy atom. The Bertz CT molecular complexity index is 386. The Morgan fingerprint density at radius 1 is 1.53 bits per heavy atom. The van der Waals surface area contributed by atoms with E-state index in [0.29, 0.717) is 0 Å². The molecule has 0 fully saturated rings. The zero-order valence-electron chi connectivity index (χ0n) is 10.8. The maximum Gasteiger partial charge on any atom is 0.117 e. The van der Waals surface area contributed by atoms with Crippen molar-refractivity contribution in [2.45, 2.75) is 12.6 Å². The van der Waals surface area contributed by atoms with E-state index in [1.54, 1.807) is 0 Å². The van der Waals surface area contributed by atoms with E-state index in [2.05, 4.69) is 0 Å². The zero-order chi connectivity index (χ0) is 12.9. The molecule has 0 amide bonds. The van der Waals surface area contributed by atoms with Gasteiger partial charge in [0.1, 0.15) is 6.17 Å². The van der Waals surface area contributed by atoms with Crippen LogP contribution < -0.4 is 0 Å². The topological polar surface area (TPSA) is 3.24 Å². The van der Waals surface area contributed by atoms with Crippen LogP contribution in [0.4, 0.5) is 4.39 Å². The van der Waals surface area contributed by atoms with Gasteiger partial charge < -0.3 is 0 Å². The summed E-state index contributed by atoms with van der Waals surface area (Å²) in [7, 11) is 1.48. The number of hydrogen-bond donors (Lipinski definition) is 0. The third kappa shape index (κ3) is 4.62. The van der Waals surface area contributed by atoms with Crippen LogP contribution in [0.5, 0.6) is 0 Å². The second-order valence-electron chi connectivity index (χ2n) is 3.42. The van der Waals surface area contributed by atoms with Crippen LogP contribution >= 0.6 is 0 Å². The van der Waals surface area contributed by atoms with Crippen LogP contribution in [-0.4, -0.2) is 31.2 Å². The molecule has 0 saturated carbocycles. The average Bonchev–Trinajstić information content (AvgIpc) is 2.30. The van der Waals surface area contributed by atoms with Gasteiger partial charge in [-0.05, 0) is 12.6 Å². The van der Waals surface area contributed by atoms with E-state index < -0.39 is 12.7 Å². The third-order valence-electron chi connectivity index (χ3n) is 2.03. The Balaban J connectivity index is 2.51. The molecule has 80 valence electrons. The second kappa shape index (κ2) is 6.21. The Morgan fingerprint density at radius 2 is 2.20 bits per heavy atom. The molecule has 0 aliphatic rings. The van der Waals surface area contributed by atoms with Crippen molar-refractivity contribution in [2.75, 3.05) is 20.1 Å². The summed E-state index contributed by atoms with van der Waals surface area (Å²) in [5, 5.41) is 0. The van der Waals surface area contributed by atoms with Crippen molar-refractivity contribution < 1.29 is 7.13 Å². The first kappa shape index (κ1) is 8.94. The van der Waals surface area contributed by atoms with Gasteiger partial charge in [0, 0.05) is 13.0 Å². The summed E-state index contributed by atoms with van der Waals surface area (Å²) in [5.74, 6) is 2.00. The monoisotopic (exact) mass is 206 g/mol. The molecule has 1 nitrogen and oxygen atoms in total. The minimum Gasteiger partial charge on any atom is -0.293 e. The van der Waals surface area contributed by atoms with Gasteiger partial charge in [0.15, 0.2) is 0 Å². The van der Waals surface area contributed by atoms with E-state index in [9.17, 15) is 4.39 Å². The highest BCUT2D eigenvalue weighted by Gasteiger charge is 2.09. The lowest BCUT2D eigenvalue weighted by molar-refractivity contribution is 0.234. The summed E-state index contributed by atoms with van der Waals surface area (Å²) in [5.41, 5.74) is 0.898. The van der Waals surface area contributed by atoms with Crippen molar-refractivity contribution in [3.8, 4) is 12.3 Å². The summed E-state index contributed by atoms with van der Waals surface area (Å²) >= 11 is 0. The molecular formula is C13H16FN. The van der Waals surface area contributed by atoms with E-state index in [1.165, 1.54) is 11.9 Å². The van der Waals surface area contributed by atoms with Gasteiger partial charge in [0.25, 0.3) is 0 Å². The molecule has 1 rings (SSSR count). The molecule has 1 atom stereocenters. The highest BCUT2D eigenvalue weighted by Crippen LogP contribution is 2.06. The minimum atomic E-state index is -1.90. The summed E-state index contributed by atoms with van der Waals surface area (Å²) in [6.45, 7) is -1.92. The number of halogens is 1. The van der Waals surface area contributed by atoms with Crippen molar-refractivity contribution in [1.82, 2.24) is 4.90 Å². The molecule has 1 aromatic carbocycles. The van der Waals surface area contributed by atoms with Crippen molar-refractivity contribution >= 4 is 0 Å². The maximum atomic E-state index is 13.7. The van der Waals surface area contributed by atoms with Crippen molar-refractivity contribution in [1.29, 1.82) is 0 Å². The van der Waals surface area contributed by atoms with E-state index in [0.717, 1.165) is 5.56 Å². The van der Waals surface area contributed by atoms with Crippen LogP contribution in [0.25, 0.3) is 0 Å². The molecule has 0 N–H and O–H groups in total. The number of alkyl halides is 1. The van der Waals surface area contributed by atoms with Crippen LogP contribution in [-0.2, 0) is 6.42 Å². The van der Waals surface area contributed by atoms with Crippen LogP contribution in [0.15, 0.2) is 30.3 Å². The highest BCUT2D eigenvalue weighted by atomic mass is 18.2. The predicted octanol–water partition coefficient (Wildman–Crippen LogP) is 2.13. The average molecular weight is 206 g/mol. The summed E-state index contributed by atoms with van der Waals surface area (Å²) in [6.07, 6.45) is 4.18. The van der Waals surface area contributed by atoms with Crippen molar-refractivity contribution in [3.63, 3.8) is 0 Å². The number of benzene rings is 1. The summed E-state index contributed by atoms with van der Waals surface area (Å²) in [6, 6.07) is 9.28. The fraction of sp³-hybridized carbons (Fsp3) is 0.385. The maximum absolute atomic E-state index is 13.7. The van der Waals surface area contributed by atoms with E-state index in [4.69, 9.17) is 9.16 Å². The Labute approximate surface area is 93.7 Å². The lowest BCUT2D eigenvalue weighted by atomic mass is 10.1. The lowest BCUT2D eigenvalue weighted by Crippen LogP contribution is -2.28. The molecule has 15 heavy (non-hydrogen) atoms. The molecule has 0 spiro atoms. The van der Waals surface area contributed by atoms with Crippen LogP contribution in [0.1, 0.15) is 8.30 Å². The van der Waals surface area contributed by atoms with E-state index >= 15 is 0 Å². The number of terminal acetylenes is 1. The second-order valence-corrected chi connectivity index (χ2v) is 3.42. The number of hydrogen-bond acceptors (Lipinski definition) is 1. The largest absolute Gasteiger partial charge is 0.293 e. The smallest absolute Gasteiger partial charge is 0.117 e. The predicted molar refractivity (Wildman–Crippen MR) is 61.4 cm³/mol. The molecule has 2 heteroatoms. The Hall–Kier alpha value is -1.33. The first-order valence-electron chi connectivity index (χ1n) is 5.82. The fourth-order valence-electron chi connectivity index (χ4n) is 1.39. The van der Waals surface area contributed by atoms with Crippen LogP contribution in [0.2, 0.25) is 0 Å². The standard InChI is InChI=1S/C13H16FN/c1-3-9-15(2)11-13(14)10-12-7-5-4-6-8-12/h1,4-8,13H,9-11H2,2H3/t13-/m1/s1/i9D2,14-1. The van der Waals surface area contributed by atoms with Gasteiger partial charge in [-0.2, -0.15) is 0 Å². The third-order valence-corrected chi connectivity index (χ3v) is 2.03. The number of rotatable bonds is 5. The van der Waals surface area contributed by atoms with Crippen LogP contribution in [0.3, 0.4) is 0 Å². The normalized spacial score (nSPS) is 15.3. The van der Waals surface area contributed by atoms with Gasteiger partial charge in [-0.25, -0.2) is 4.39 Å². The lowest BCUT2D eigenvalue weighted by Gasteiger charge is -2.16. The van der Waals surface area contributed by atoms with Gasteiger partial charge >= 0.3 is 0 Å². The summed E-state index contributed by atoms with van der Waals surface area (Å²) in [4.78, 5) is 1.21. The van der Waals surface area contributed by atoms with E-state index in [1.807, 2.05) is 36.3 Å². The van der Waals surface area contributed by atoms with Crippen molar-refractivity contribution in [2.24, 2.45) is 0 Å². The van der Waals surface area contributed by atoms with Gasteiger partial charge in [-0.3, -0.25) is 4.90 Å². The highest BCUT2D eigenvalue weighted by molar-refractivity contribution is 5.15. The van der Waals surface area contributed by atoms with Gasteiger partial charge in [0.2, 0.25) is 0 Å². The molecule has 0 aliphatic heterocycles. The molecule has 0 aromatic heterocycles. The molecule has 1 aromatic rings. The molecule has 0 unspecified atom stereocenters. The first-order chi connectivity index (χ1) is 7.95. The molecular weight excluding hydrogens is 188 g/mol. The first-order valence-corrected chi connectivity index (χ1v) is 4.82. The summed E-state index contributed by atoms with van der Waals surface area (Å²) < 4.78 is 28.6. The molecule has 0 aliphatic carbocycles. The zero-order valence-corrected chi connectivity index (χ0v) is 8.78. The van der Waals surface area contributed by atoms with Crippen LogP contribution in [0, 0.1) is 12.3 Å². The SMILES string of the molecule is [2H]C([2H])(C#C)N(C)C[C@H]([18F])Cc1ccccc1. The van der Waals surface area contributed by atoms with Crippen molar-refractivity contribution in [3.05, 3.63) is 35.9 Å².